The average Bonchev–Trinajstić information content (AvgIpc) is 3.07. The number of benzene rings is 1. The van der Waals surface area contributed by atoms with Gasteiger partial charge >= 0.3 is 6.03 Å². The van der Waals surface area contributed by atoms with Crippen molar-refractivity contribution in [1.82, 2.24) is 5.32 Å². The Hall–Kier alpha value is -2.01. The number of urea groups is 1. The number of ether oxygens (including phenoxy) is 1. The van der Waals surface area contributed by atoms with Gasteiger partial charge < -0.3 is 15.4 Å². The van der Waals surface area contributed by atoms with E-state index in [0.29, 0.717) is 6.54 Å². The molecule has 0 spiro atoms. The molecule has 4 nitrogen and oxygen atoms in total. The number of amides is 2. The summed E-state index contributed by atoms with van der Waals surface area (Å²) < 4.78 is 5.43. The molecule has 0 aliphatic carbocycles. The molecule has 0 unspecified atom stereocenters. The van der Waals surface area contributed by atoms with Gasteiger partial charge in [-0.15, -0.1) is 11.3 Å². The molecule has 0 saturated carbocycles. The van der Waals surface area contributed by atoms with E-state index in [-0.39, 0.29) is 6.03 Å². The van der Waals surface area contributed by atoms with Crippen molar-refractivity contribution in [3.8, 4) is 5.75 Å². The highest BCUT2D eigenvalue weighted by molar-refractivity contribution is 7.09. The van der Waals surface area contributed by atoms with Gasteiger partial charge in [0.25, 0.3) is 0 Å². The first-order chi connectivity index (χ1) is 9.31. The van der Waals surface area contributed by atoms with Crippen LogP contribution in [0.2, 0.25) is 0 Å². The highest BCUT2D eigenvalue weighted by atomic mass is 32.1. The lowest BCUT2D eigenvalue weighted by atomic mass is 10.1. The quantitative estimate of drug-likeness (QED) is 0.904. The summed E-state index contributed by atoms with van der Waals surface area (Å²) in [5.74, 6) is 0.921. The van der Waals surface area contributed by atoms with Crippen LogP contribution in [0, 0.1) is 0 Å². The molecule has 1 aromatic carbocycles. The SMILES string of the molecule is O=C(NCc1cccs1)Nc1ccc2c(c1)CCO2. The van der Waals surface area contributed by atoms with E-state index < -0.39 is 0 Å². The molecule has 0 radical (unpaired) electrons. The molecule has 2 heterocycles. The molecule has 0 atom stereocenters. The van der Waals surface area contributed by atoms with Crippen molar-refractivity contribution in [2.75, 3.05) is 11.9 Å². The molecule has 2 amide bonds. The number of rotatable bonds is 3. The highest BCUT2D eigenvalue weighted by Crippen LogP contribution is 2.27. The monoisotopic (exact) mass is 274 g/mol. The molecule has 98 valence electrons. The van der Waals surface area contributed by atoms with Crippen molar-refractivity contribution in [1.29, 1.82) is 0 Å². The van der Waals surface area contributed by atoms with Crippen LogP contribution in [-0.4, -0.2) is 12.6 Å². The lowest BCUT2D eigenvalue weighted by molar-refractivity contribution is 0.252. The van der Waals surface area contributed by atoms with Gasteiger partial charge in [-0.1, -0.05) is 6.07 Å². The second-order valence-electron chi connectivity index (χ2n) is 4.31. The van der Waals surface area contributed by atoms with Crippen LogP contribution in [0.15, 0.2) is 35.7 Å². The van der Waals surface area contributed by atoms with E-state index >= 15 is 0 Å². The molecule has 0 fully saturated rings. The van der Waals surface area contributed by atoms with Gasteiger partial charge in [-0.25, -0.2) is 4.79 Å². The topological polar surface area (TPSA) is 50.4 Å². The van der Waals surface area contributed by atoms with Crippen molar-refractivity contribution >= 4 is 23.1 Å². The van der Waals surface area contributed by atoms with Crippen LogP contribution in [0.5, 0.6) is 5.75 Å². The minimum absolute atomic E-state index is 0.188. The second kappa shape index (κ2) is 5.32. The van der Waals surface area contributed by atoms with E-state index in [0.717, 1.165) is 34.9 Å². The molecule has 1 aromatic heterocycles. The maximum Gasteiger partial charge on any atom is 0.319 e. The van der Waals surface area contributed by atoms with Crippen molar-refractivity contribution in [2.24, 2.45) is 0 Å². The third-order valence-electron chi connectivity index (χ3n) is 2.95. The molecule has 2 N–H and O–H groups in total. The van der Waals surface area contributed by atoms with Crippen LogP contribution in [0.4, 0.5) is 10.5 Å². The zero-order chi connectivity index (χ0) is 13.1. The van der Waals surface area contributed by atoms with Crippen molar-refractivity contribution in [3.63, 3.8) is 0 Å². The summed E-state index contributed by atoms with van der Waals surface area (Å²) in [5, 5.41) is 7.66. The summed E-state index contributed by atoms with van der Waals surface area (Å²) in [4.78, 5) is 12.9. The fraction of sp³-hybridized carbons (Fsp3) is 0.214. The minimum Gasteiger partial charge on any atom is -0.493 e. The molecule has 3 rings (SSSR count). The summed E-state index contributed by atoms with van der Waals surface area (Å²) >= 11 is 1.63. The predicted molar refractivity (Wildman–Crippen MR) is 75.8 cm³/mol. The second-order valence-corrected chi connectivity index (χ2v) is 5.34. The number of hydrogen-bond donors (Lipinski definition) is 2. The molecular weight excluding hydrogens is 260 g/mol. The number of thiophene rings is 1. The molecule has 19 heavy (non-hydrogen) atoms. The Morgan fingerprint density at radius 3 is 3.16 bits per heavy atom. The van der Waals surface area contributed by atoms with Crippen LogP contribution >= 0.6 is 11.3 Å². The number of nitrogens with one attached hydrogen (secondary N) is 2. The summed E-state index contributed by atoms with van der Waals surface area (Å²) in [6.45, 7) is 1.28. The van der Waals surface area contributed by atoms with Gasteiger partial charge in [-0.2, -0.15) is 0 Å². The van der Waals surface area contributed by atoms with Crippen molar-refractivity contribution in [2.45, 2.75) is 13.0 Å². The Morgan fingerprint density at radius 2 is 2.32 bits per heavy atom. The first kappa shape index (κ1) is 12.0. The van der Waals surface area contributed by atoms with E-state index in [1.165, 1.54) is 0 Å². The number of carbonyl (C=O) groups is 1. The number of carbonyl (C=O) groups excluding carboxylic acids is 1. The van der Waals surface area contributed by atoms with Gasteiger partial charge in [0, 0.05) is 17.0 Å². The summed E-state index contributed by atoms with van der Waals surface area (Å²) in [6.07, 6.45) is 0.904. The van der Waals surface area contributed by atoms with Crippen molar-refractivity contribution in [3.05, 3.63) is 46.2 Å². The summed E-state index contributed by atoms with van der Waals surface area (Å²) in [5.41, 5.74) is 1.95. The molecule has 2 aromatic rings. The summed E-state index contributed by atoms with van der Waals surface area (Å²) in [7, 11) is 0. The zero-order valence-corrected chi connectivity index (χ0v) is 11.1. The Morgan fingerprint density at radius 1 is 1.37 bits per heavy atom. The molecular formula is C14H14N2O2S. The third-order valence-corrected chi connectivity index (χ3v) is 3.83. The maximum atomic E-state index is 11.8. The first-order valence-electron chi connectivity index (χ1n) is 6.14. The fourth-order valence-electron chi connectivity index (χ4n) is 2.02. The van der Waals surface area contributed by atoms with Gasteiger partial charge in [0.05, 0.1) is 13.2 Å². The van der Waals surface area contributed by atoms with Gasteiger partial charge in [0.15, 0.2) is 0 Å². The number of fused-ring (bicyclic) bond motifs is 1. The van der Waals surface area contributed by atoms with E-state index in [1.54, 1.807) is 11.3 Å². The average molecular weight is 274 g/mol. The maximum absolute atomic E-state index is 11.8. The van der Waals surface area contributed by atoms with Crippen LogP contribution in [0.25, 0.3) is 0 Å². The summed E-state index contributed by atoms with van der Waals surface area (Å²) in [6, 6.07) is 9.50. The first-order valence-corrected chi connectivity index (χ1v) is 7.02. The lowest BCUT2D eigenvalue weighted by Crippen LogP contribution is -2.27. The Bertz CT molecular complexity index is 581. The molecule has 0 bridgehead atoms. The van der Waals surface area contributed by atoms with Crippen LogP contribution in [0.3, 0.4) is 0 Å². The molecule has 0 saturated heterocycles. The van der Waals surface area contributed by atoms with Gasteiger partial charge in [0.2, 0.25) is 0 Å². The number of hydrogen-bond acceptors (Lipinski definition) is 3. The Labute approximate surface area is 115 Å². The van der Waals surface area contributed by atoms with Gasteiger partial charge in [-0.05, 0) is 35.2 Å². The van der Waals surface area contributed by atoms with E-state index in [1.807, 2.05) is 35.7 Å². The number of anilines is 1. The molecule has 1 aliphatic heterocycles. The van der Waals surface area contributed by atoms with Crippen LogP contribution in [0.1, 0.15) is 10.4 Å². The van der Waals surface area contributed by atoms with Crippen molar-refractivity contribution < 1.29 is 9.53 Å². The van der Waals surface area contributed by atoms with Crippen LogP contribution in [-0.2, 0) is 13.0 Å². The van der Waals surface area contributed by atoms with Gasteiger partial charge in [-0.3, -0.25) is 0 Å². The Balaban J connectivity index is 1.57. The van der Waals surface area contributed by atoms with Crippen LogP contribution < -0.4 is 15.4 Å². The smallest absolute Gasteiger partial charge is 0.319 e. The highest BCUT2D eigenvalue weighted by Gasteiger charge is 2.12. The molecule has 1 aliphatic rings. The fourth-order valence-corrected chi connectivity index (χ4v) is 2.66. The third kappa shape index (κ3) is 2.88. The molecule has 5 heteroatoms. The van der Waals surface area contributed by atoms with E-state index in [4.69, 9.17) is 4.74 Å². The zero-order valence-electron chi connectivity index (χ0n) is 10.3. The largest absolute Gasteiger partial charge is 0.493 e. The minimum atomic E-state index is -0.188. The van der Waals surface area contributed by atoms with E-state index in [2.05, 4.69) is 10.6 Å². The van der Waals surface area contributed by atoms with Gasteiger partial charge in [0.1, 0.15) is 5.75 Å². The van der Waals surface area contributed by atoms with E-state index in [9.17, 15) is 4.79 Å². The Kier molecular flexibility index (Phi) is 3.37. The standard InChI is InChI=1S/C14H14N2O2S/c17-14(15-9-12-2-1-7-19-12)16-11-3-4-13-10(8-11)5-6-18-13/h1-4,7-8H,5-6,9H2,(H2,15,16,17). The lowest BCUT2D eigenvalue weighted by Gasteiger charge is -2.08. The normalized spacial score (nSPS) is 12.6. The predicted octanol–water partition coefficient (Wildman–Crippen LogP) is 3.00.